The lowest BCUT2D eigenvalue weighted by atomic mass is 10.2. The van der Waals surface area contributed by atoms with E-state index in [-0.39, 0.29) is 6.10 Å². The molecular weight excluding hydrogens is 238 g/mol. The van der Waals surface area contributed by atoms with Gasteiger partial charge in [0.1, 0.15) is 11.1 Å². The molecular formula is C11H21N3O2S. The number of nitrogens with two attached hydrogens (primary N) is 1. The second-order valence-electron chi connectivity index (χ2n) is 4.52. The Labute approximate surface area is 108 Å². The van der Waals surface area contributed by atoms with Crippen LogP contribution in [0.5, 0.6) is 0 Å². The van der Waals surface area contributed by atoms with Crippen molar-refractivity contribution in [2.45, 2.75) is 6.10 Å². The summed E-state index contributed by atoms with van der Waals surface area (Å²) in [5.74, 6) is 0. The van der Waals surface area contributed by atoms with E-state index in [0.717, 1.165) is 59.1 Å². The van der Waals surface area contributed by atoms with E-state index in [2.05, 4.69) is 9.80 Å². The molecule has 1 atom stereocenters. The molecule has 17 heavy (non-hydrogen) atoms. The minimum atomic E-state index is -0.0663. The summed E-state index contributed by atoms with van der Waals surface area (Å²) in [6.07, 6.45) is -0.0663. The van der Waals surface area contributed by atoms with Gasteiger partial charge in [0, 0.05) is 39.3 Å². The minimum Gasteiger partial charge on any atom is -0.391 e. The fraction of sp³-hybridized carbons (Fsp3) is 0.909. The van der Waals surface area contributed by atoms with Crippen LogP contribution in [0.3, 0.4) is 0 Å². The standard InChI is InChI=1S/C11H21N3O2S/c12-11(17)10-9-14(5-8-16-10)2-1-13-3-6-15-7-4-13/h10H,1-9H2,(H2,12,17). The summed E-state index contributed by atoms with van der Waals surface area (Å²) >= 11 is 4.98. The largest absolute Gasteiger partial charge is 0.391 e. The summed E-state index contributed by atoms with van der Waals surface area (Å²) in [6, 6.07) is 0. The molecule has 5 nitrogen and oxygen atoms in total. The smallest absolute Gasteiger partial charge is 0.120 e. The van der Waals surface area contributed by atoms with Crippen molar-refractivity contribution in [3.8, 4) is 0 Å². The van der Waals surface area contributed by atoms with Crippen molar-refractivity contribution < 1.29 is 9.47 Å². The maximum Gasteiger partial charge on any atom is 0.120 e. The van der Waals surface area contributed by atoms with Crippen LogP contribution in [0.15, 0.2) is 0 Å². The molecule has 2 N–H and O–H groups in total. The lowest BCUT2D eigenvalue weighted by Crippen LogP contribution is -2.50. The Bertz CT molecular complexity index is 259. The second kappa shape index (κ2) is 6.61. The predicted octanol–water partition coefficient (Wildman–Crippen LogP) is -0.694. The van der Waals surface area contributed by atoms with Gasteiger partial charge in [0.05, 0.1) is 19.8 Å². The Morgan fingerprint density at radius 2 is 1.76 bits per heavy atom. The monoisotopic (exact) mass is 259 g/mol. The maximum absolute atomic E-state index is 5.62. The molecule has 0 radical (unpaired) electrons. The molecule has 2 saturated heterocycles. The third kappa shape index (κ3) is 4.15. The summed E-state index contributed by atoms with van der Waals surface area (Å²) in [5, 5.41) is 0. The van der Waals surface area contributed by atoms with Crippen LogP contribution in [0.2, 0.25) is 0 Å². The van der Waals surface area contributed by atoms with Gasteiger partial charge in [0.15, 0.2) is 0 Å². The van der Waals surface area contributed by atoms with E-state index < -0.39 is 0 Å². The van der Waals surface area contributed by atoms with Crippen LogP contribution < -0.4 is 5.73 Å². The Morgan fingerprint density at radius 3 is 2.47 bits per heavy atom. The summed E-state index contributed by atoms with van der Waals surface area (Å²) in [5.41, 5.74) is 5.62. The SMILES string of the molecule is NC(=S)C1CN(CCN2CCOCC2)CCO1. The fourth-order valence-electron chi connectivity index (χ4n) is 2.19. The second-order valence-corrected chi connectivity index (χ2v) is 4.99. The predicted molar refractivity (Wildman–Crippen MR) is 70.2 cm³/mol. The van der Waals surface area contributed by atoms with E-state index in [1.807, 2.05) is 0 Å². The number of rotatable bonds is 4. The van der Waals surface area contributed by atoms with Gasteiger partial charge < -0.3 is 15.2 Å². The van der Waals surface area contributed by atoms with Gasteiger partial charge >= 0.3 is 0 Å². The van der Waals surface area contributed by atoms with Gasteiger partial charge in [-0.25, -0.2) is 0 Å². The third-order valence-electron chi connectivity index (χ3n) is 3.30. The van der Waals surface area contributed by atoms with Gasteiger partial charge in [-0.15, -0.1) is 0 Å². The molecule has 2 rings (SSSR count). The molecule has 0 aromatic rings. The van der Waals surface area contributed by atoms with E-state index in [4.69, 9.17) is 27.4 Å². The molecule has 0 amide bonds. The van der Waals surface area contributed by atoms with Crippen molar-refractivity contribution in [2.24, 2.45) is 5.73 Å². The number of thiocarbonyl (C=S) groups is 1. The lowest BCUT2D eigenvalue weighted by Gasteiger charge is -2.34. The van der Waals surface area contributed by atoms with E-state index in [9.17, 15) is 0 Å². The van der Waals surface area contributed by atoms with Crippen LogP contribution >= 0.6 is 12.2 Å². The topological polar surface area (TPSA) is 51.0 Å². The summed E-state index contributed by atoms with van der Waals surface area (Å²) in [7, 11) is 0. The average Bonchev–Trinajstić information content (AvgIpc) is 2.38. The number of hydrogen-bond acceptors (Lipinski definition) is 5. The first-order valence-electron chi connectivity index (χ1n) is 6.19. The number of ether oxygens (including phenoxy) is 2. The first kappa shape index (κ1) is 13.2. The van der Waals surface area contributed by atoms with E-state index in [1.165, 1.54) is 0 Å². The highest BCUT2D eigenvalue weighted by molar-refractivity contribution is 7.80. The third-order valence-corrected chi connectivity index (χ3v) is 3.57. The lowest BCUT2D eigenvalue weighted by molar-refractivity contribution is -0.00477. The zero-order chi connectivity index (χ0) is 12.1. The van der Waals surface area contributed by atoms with Crippen LogP contribution in [-0.4, -0.2) is 80.0 Å². The molecule has 98 valence electrons. The summed E-state index contributed by atoms with van der Waals surface area (Å²) in [6.45, 7) is 8.49. The Morgan fingerprint density at radius 1 is 1.12 bits per heavy atom. The molecule has 2 fully saturated rings. The molecule has 2 aliphatic heterocycles. The highest BCUT2D eigenvalue weighted by Crippen LogP contribution is 2.06. The van der Waals surface area contributed by atoms with Crippen molar-refractivity contribution in [1.82, 2.24) is 9.80 Å². The molecule has 0 spiro atoms. The first-order chi connectivity index (χ1) is 8.25. The van der Waals surface area contributed by atoms with Crippen molar-refractivity contribution in [3.05, 3.63) is 0 Å². The minimum absolute atomic E-state index is 0.0663. The summed E-state index contributed by atoms with van der Waals surface area (Å²) < 4.78 is 10.9. The van der Waals surface area contributed by atoms with Crippen molar-refractivity contribution in [3.63, 3.8) is 0 Å². The quantitative estimate of drug-likeness (QED) is 0.674. The van der Waals surface area contributed by atoms with Crippen molar-refractivity contribution in [2.75, 3.05) is 59.1 Å². The Kier molecular flexibility index (Phi) is 5.12. The zero-order valence-corrected chi connectivity index (χ0v) is 11.0. The first-order valence-corrected chi connectivity index (χ1v) is 6.60. The van der Waals surface area contributed by atoms with E-state index in [1.54, 1.807) is 0 Å². The van der Waals surface area contributed by atoms with Crippen LogP contribution in [0, 0.1) is 0 Å². The Hall–Kier alpha value is -0.270. The van der Waals surface area contributed by atoms with Gasteiger partial charge in [-0.2, -0.15) is 0 Å². The van der Waals surface area contributed by atoms with Crippen molar-refractivity contribution in [1.29, 1.82) is 0 Å². The van der Waals surface area contributed by atoms with Gasteiger partial charge in [0.2, 0.25) is 0 Å². The molecule has 0 aromatic carbocycles. The van der Waals surface area contributed by atoms with Crippen LogP contribution in [0.25, 0.3) is 0 Å². The molecule has 0 aromatic heterocycles. The molecule has 2 heterocycles. The number of nitrogens with zero attached hydrogens (tertiary/aromatic N) is 2. The van der Waals surface area contributed by atoms with Crippen LogP contribution in [0.1, 0.15) is 0 Å². The Balaban J connectivity index is 1.69. The fourth-order valence-corrected chi connectivity index (χ4v) is 2.33. The molecule has 1 unspecified atom stereocenters. The van der Waals surface area contributed by atoms with Crippen LogP contribution in [0.4, 0.5) is 0 Å². The number of hydrogen-bond donors (Lipinski definition) is 1. The van der Waals surface area contributed by atoms with Gasteiger partial charge in [-0.1, -0.05) is 12.2 Å². The van der Waals surface area contributed by atoms with Gasteiger partial charge in [0.25, 0.3) is 0 Å². The molecule has 0 bridgehead atoms. The van der Waals surface area contributed by atoms with Crippen molar-refractivity contribution >= 4 is 17.2 Å². The highest BCUT2D eigenvalue weighted by Gasteiger charge is 2.22. The maximum atomic E-state index is 5.62. The molecule has 0 saturated carbocycles. The molecule has 6 heteroatoms. The van der Waals surface area contributed by atoms with Crippen LogP contribution in [-0.2, 0) is 9.47 Å². The normalized spacial score (nSPS) is 28.1. The molecule has 2 aliphatic rings. The zero-order valence-electron chi connectivity index (χ0n) is 10.1. The summed E-state index contributed by atoms with van der Waals surface area (Å²) in [4.78, 5) is 5.29. The van der Waals surface area contributed by atoms with E-state index in [0.29, 0.717) is 4.99 Å². The van der Waals surface area contributed by atoms with E-state index >= 15 is 0 Å². The average molecular weight is 259 g/mol. The van der Waals surface area contributed by atoms with Gasteiger partial charge in [-0.3, -0.25) is 9.80 Å². The number of morpholine rings is 2. The van der Waals surface area contributed by atoms with Gasteiger partial charge in [-0.05, 0) is 0 Å². The molecule has 0 aliphatic carbocycles. The highest BCUT2D eigenvalue weighted by atomic mass is 32.1.